The van der Waals surface area contributed by atoms with Gasteiger partial charge in [-0.1, -0.05) is 24.1 Å². The van der Waals surface area contributed by atoms with E-state index in [0.717, 1.165) is 18.4 Å². The number of benzene rings is 1. The second-order valence-electron chi connectivity index (χ2n) is 5.30. The fourth-order valence-electron chi connectivity index (χ4n) is 2.69. The predicted octanol–water partition coefficient (Wildman–Crippen LogP) is 1.33. The minimum absolute atomic E-state index is 0.260. The molecule has 1 atom stereocenters. The number of aryl methyl sites for hydroxylation is 2. The number of hydrogen-bond acceptors (Lipinski definition) is 3. The first-order chi connectivity index (χ1) is 9.34. The number of sulfonamides is 1. The standard InChI is InChI=1S/C14H20N2O3S/c1-10-6-7-13(11(2)9-10)20(18,19)16-8-4-3-5-12(16)14(15)17/h6-7,9,12H,3-5,8H2,1-2H3,(H2,15,17)/t12-/m0/s1. The molecule has 0 radical (unpaired) electrons. The number of nitrogens with zero attached hydrogens (tertiary/aromatic N) is 1. The van der Waals surface area contributed by atoms with Gasteiger partial charge in [0.25, 0.3) is 0 Å². The van der Waals surface area contributed by atoms with E-state index in [1.54, 1.807) is 19.1 Å². The molecule has 6 heteroatoms. The number of hydrogen-bond donors (Lipinski definition) is 1. The second-order valence-corrected chi connectivity index (χ2v) is 7.16. The molecule has 0 aromatic heterocycles. The van der Waals surface area contributed by atoms with Crippen molar-refractivity contribution in [2.24, 2.45) is 5.73 Å². The van der Waals surface area contributed by atoms with Gasteiger partial charge in [0.15, 0.2) is 0 Å². The largest absolute Gasteiger partial charge is 0.368 e. The van der Waals surface area contributed by atoms with E-state index in [-0.39, 0.29) is 4.90 Å². The minimum Gasteiger partial charge on any atom is -0.368 e. The molecular formula is C14H20N2O3S. The van der Waals surface area contributed by atoms with Crippen molar-refractivity contribution in [3.05, 3.63) is 29.3 Å². The van der Waals surface area contributed by atoms with Crippen molar-refractivity contribution in [1.82, 2.24) is 4.31 Å². The van der Waals surface area contributed by atoms with Crippen LogP contribution in [0.15, 0.2) is 23.1 Å². The second kappa shape index (κ2) is 5.54. The molecule has 1 aliphatic heterocycles. The minimum atomic E-state index is -3.67. The van der Waals surface area contributed by atoms with Crippen molar-refractivity contribution >= 4 is 15.9 Å². The van der Waals surface area contributed by atoms with Crippen LogP contribution in [-0.4, -0.2) is 31.2 Å². The molecule has 0 unspecified atom stereocenters. The van der Waals surface area contributed by atoms with Crippen LogP contribution in [0, 0.1) is 13.8 Å². The van der Waals surface area contributed by atoms with Gasteiger partial charge in [-0.3, -0.25) is 4.79 Å². The van der Waals surface area contributed by atoms with E-state index in [2.05, 4.69) is 0 Å². The molecule has 1 amide bonds. The highest BCUT2D eigenvalue weighted by molar-refractivity contribution is 7.89. The molecule has 0 saturated carbocycles. The average molecular weight is 296 g/mol. The molecule has 1 aromatic rings. The quantitative estimate of drug-likeness (QED) is 0.913. The molecule has 0 spiro atoms. The van der Waals surface area contributed by atoms with Crippen molar-refractivity contribution in [1.29, 1.82) is 0 Å². The summed E-state index contributed by atoms with van der Waals surface area (Å²) in [6.07, 6.45) is 2.08. The molecule has 1 aliphatic rings. The van der Waals surface area contributed by atoms with E-state index in [9.17, 15) is 13.2 Å². The number of primary amides is 1. The van der Waals surface area contributed by atoms with E-state index >= 15 is 0 Å². The van der Waals surface area contributed by atoms with Crippen molar-refractivity contribution in [2.75, 3.05) is 6.54 Å². The van der Waals surface area contributed by atoms with E-state index in [0.29, 0.717) is 18.5 Å². The van der Waals surface area contributed by atoms with Crippen LogP contribution < -0.4 is 5.73 Å². The van der Waals surface area contributed by atoms with Crippen LogP contribution in [0.25, 0.3) is 0 Å². The summed E-state index contributed by atoms with van der Waals surface area (Å²) < 4.78 is 26.8. The fraction of sp³-hybridized carbons (Fsp3) is 0.500. The van der Waals surface area contributed by atoms with Crippen LogP contribution in [0.2, 0.25) is 0 Å². The lowest BCUT2D eigenvalue weighted by Crippen LogP contribution is -2.50. The summed E-state index contributed by atoms with van der Waals surface area (Å²) >= 11 is 0. The normalized spacial score (nSPS) is 20.8. The van der Waals surface area contributed by atoms with Crippen LogP contribution in [0.1, 0.15) is 30.4 Å². The molecule has 1 heterocycles. The number of carbonyl (C=O) groups is 1. The van der Waals surface area contributed by atoms with Crippen molar-refractivity contribution in [2.45, 2.75) is 44.0 Å². The van der Waals surface area contributed by atoms with Gasteiger partial charge < -0.3 is 5.73 Å². The smallest absolute Gasteiger partial charge is 0.244 e. The third-order valence-electron chi connectivity index (χ3n) is 3.70. The zero-order valence-corrected chi connectivity index (χ0v) is 12.6. The van der Waals surface area contributed by atoms with Gasteiger partial charge in [-0.2, -0.15) is 4.31 Å². The highest BCUT2D eigenvalue weighted by atomic mass is 32.2. The van der Waals surface area contributed by atoms with Crippen LogP contribution >= 0.6 is 0 Å². The predicted molar refractivity (Wildman–Crippen MR) is 76.6 cm³/mol. The Bertz CT molecular complexity index is 625. The van der Waals surface area contributed by atoms with Crippen LogP contribution in [0.5, 0.6) is 0 Å². The first-order valence-electron chi connectivity index (χ1n) is 6.72. The van der Waals surface area contributed by atoms with Gasteiger partial charge in [0.2, 0.25) is 15.9 Å². The van der Waals surface area contributed by atoms with E-state index < -0.39 is 22.0 Å². The topological polar surface area (TPSA) is 80.5 Å². The Morgan fingerprint density at radius 1 is 1.30 bits per heavy atom. The summed E-state index contributed by atoms with van der Waals surface area (Å²) in [5.74, 6) is -0.571. The van der Waals surface area contributed by atoms with Gasteiger partial charge >= 0.3 is 0 Å². The molecule has 0 bridgehead atoms. The van der Waals surface area contributed by atoms with Gasteiger partial charge in [0, 0.05) is 6.54 Å². The average Bonchev–Trinajstić information content (AvgIpc) is 2.38. The van der Waals surface area contributed by atoms with Gasteiger partial charge in [0.1, 0.15) is 6.04 Å². The van der Waals surface area contributed by atoms with Gasteiger partial charge in [0.05, 0.1) is 4.90 Å². The zero-order chi connectivity index (χ0) is 14.9. The molecule has 110 valence electrons. The first kappa shape index (κ1) is 15.0. The van der Waals surface area contributed by atoms with Gasteiger partial charge in [-0.15, -0.1) is 0 Å². The Labute approximate surface area is 119 Å². The Morgan fingerprint density at radius 3 is 2.60 bits per heavy atom. The third kappa shape index (κ3) is 2.71. The number of nitrogens with two attached hydrogens (primary N) is 1. The van der Waals surface area contributed by atoms with Gasteiger partial charge in [-0.05, 0) is 38.3 Å². The molecule has 0 aliphatic carbocycles. The summed E-state index contributed by atoms with van der Waals surface area (Å²) in [5, 5.41) is 0. The van der Waals surface area contributed by atoms with Crippen LogP contribution in [0.4, 0.5) is 0 Å². The highest BCUT2D eigenvalue weighted by Gasteiger charge is 2.37. The van der Waals surface area contributed by atoms with Crippen molar-refractivity contribution in [3.63, 3.8) is 0 Å². The molecule has 5 nitrogen and oxygen atoms in total. The summed E-state index contributed by atoms with van der Waals surface area (Å²) in [5.41, 5.74) is 7.05. The SMILES string of the molecule is Cc1ccc(S(=O)(=O)N2CCCC[C@H]2C(N)=O)c(C)c1. The third-order valence-corrected chi connectivity index (χ3v) is 5.77. The molecule has 1 saturated heterocycles. The van der Waals surface area contributed by atoms with Crippen molar-refractivity contribution in [3.8, 4) is 0 Å². The molecule has 1 fully saturated rings. The highest BCUT2D eigenvalue weighted by Crippen LogP contribution is 2.27. The summed E-state index contributed by atoms with van der Waals surface area (Å²) in [6.45, 7) is 4.03. The number of piperidine rings is 1. The zero-order valence-electron chi connectivity index (χ0n) is 11.8. The van der Waals surface area contributed by atoms with Crippen LogP contribution in [0.3, 0.4) is 0 Å². The molecular weight excluding hydrogens is 276 g/mol. The van der Waals surface area contributed by atoms with Crippen molar-refractivity contribution < 1.29 is 13.2 Å². The first-order valence-corrected chi connectivity index (χ1v) is 8.16. The summed E-state index contributed by atoms with van der Waals surface area (Å²) in [4.78, 5) is 11.8. The monoisotopic (exact) mass is 296 g/mol. The maximum absolute atomic E-state index is 12.8. The lowest BCUT2D eigenvalue weighted by Gasteiger charge is -2.32. The number of rotatable bonds is 3. The lowest BCUT2D eigenvalue weighted by molar-refractivity contribution is -0.122. The molecule has 2 N–H and O–H groups in total. The van der Waals surface area contributed by atoms with Crippen LogP contribution in [-0.2, 0) is 14.8 Å². The Kier molecular flexibility index (Phi) is 4.15. The Morgan fingerprint density at radius 2 is 2.00 bits per heavy atom. The maximum atomic E-state index is 12.8. The van der Waals surface area contributed by atoms with E-state index in [4.69, 9.17) is 5.73 Å². The Balaban J connectivity index is 2.45. The van der Waals surface area contributed by atoms with E-state index in [1.807, 2.05) is 13.0 Å². The summed E-state index contributed by atoms with van der Waals surface area (Å²) in [7, 11) is -3.67. The Hall–Kier alpha value is -1.40. The molecule has 2 rings (SSSR count). The number of carbonyl (C=O) groups excluding carboxylic acids is 1. The van der Waals surface area contributed by atoms with Gasteiger partial charge in [-0.25, -0.2) is 8.42 Å². The van der Waals surface area contributed by atoms with E-state index in [1.165, 1.54) is 4.31 Å². The molecule has 20 heavy (non-hydrogen) atoms. The fourth-order valence-corrected chi connectivity index (χ4v) is 4.56. The number of amides is 1. The summed E-state index contributed by atoms with van der Waals surface area (Å²) in [6, 6.07) is 4.47. The maximum Gasteiger partial charge on any atom is 0.244 e. The molecule has 1 aromatic carbocycles. The lowest BCUT2D eigenvalue weighted by atomic mass is 10.0.